The Bertz CT molecular complexity index is 1480. The number of likely N-dealkylation sites (tertiary alicyclic amines) is 1. The number of nitrogens with one attached hydrogen (secondary N) is 1. The number of nitrogens with zero attached hydrogens (tertiary/aromatic N) is 4. The second-order valence-electron chi connectivity index (χ2n) is 13.6. The van der Waals surface area contributed by atoms with E-state index in [1.54, 1.807) is 0 Å². The Kier molecular flexibility index (Phi) is 6.04. The van der Waals surface area contributed by atoms with Gasteiger partial charge in [0.25, 0.3) is 6.02 Å². The van der Waals surface area contributed by atoms with Gasteiger partial charge in [0.05, 0.1) is 36.3 Å². The fourth-order valence-electron chi connectivity index (χ4n) is 8.87. The Morgan fingerprint density at radius 3 is 2.98 bits per heavy atom. The Hall–Kier alpha value is -3.38. The molecule has 6 heterocycles. The van der Waals surface area contributed by atoms with Gasteiger partial charge in [-0.3, -0.25) is 9.69 Å². The van der Waals surface area contributed by atoms with Crippen molar-refractivity contribution in [2.24, 2.45) is 4.99 Å². The maximum Gasteiger partial charge on any atom is 0.291 e. The number of aliphatic imine (C=N–C) groups is 1. The standard InChI is InChI=1S/C32H37FN6O4/c1-19-5-7-32(27-21(19)3-4-24(35)22(27)14-34)12-25-23(16-43-32)28(39-26(40)13-31(39)8-10-41-17-31)37-29(36-25)42-18-30-6-2-9-38(30)15-20(33)11-30/h19-20,28H,2,5-13,15-18,35H2,1H3,(H,36,37). The Balaban J connectivity index is 1.16. The smallest absolute Gasteiger partial charge is 0.291 e. The zero-order chi connectivity index (χ0) is 29.6. The molecule has 2 spiro atoms. The number of nitriles is 1. The molecule has 0 bridgehead atoms. The van der Waals surface area contributed by atoms with Crippen molar-refractivity contribution < 1.29 is 23.4 Å². The molecule has 6 unspecified atom stereocenters. The number of anilines is 1. The predicted octanol–water partition coefficient (Wildman–Crippen LogP) is 2.78. The Labute approximate surface area is 251 Å². The molecule has 43 heavy (non-hydrogen) atoms. The molecule has 226 valence electrons. The van der Waals surface area contributed by atoms with Crippen LogP contribution in [0.25, 0.3) is 0 Å². The van der Waals surface area contributed by atoms with Gasteiger partial charge >= 0.3 is 0 Å². The number of carbonyl (C=O) groups is 1. The molecule has 1 aromatic rings. The minimum absolute atomic E-state index is 0.0331. The van der Waals surface area contributed by atoms with Crippen molar-refractivity contribution in [2.45, 2.75) is 93.2 Å². The number of halogens is 1. The largest absolute Gasteiger partial charge is 0.463 e. The lowest BCUT2D eigenvalue weighted by molar-refractivity contribution is -0.161. The first-order chi connectivity index (χ1) is 20.8. The monoisotopic (exact) mass is 588 g/mol. The van der Waals surface area contributed by atoms with Crippen LogP contribution in [0.2, 0.25) is 0 Å². The molecular weight excluding hydrogens is 551 g/mol. The average molecular weight is 589 g/mol. The molecule has 7 aliphatic rings. The van der Waals surface area contributed by atoms with Gasteiger partial charge in [0.15, 0.2) is 6.17 Å². The van der Waals surface area contributed by atoms with Gasteiger partial charge in [0.1, 0.15) is 30.1 Å². The quantitative estimate of drug-likeness (QED) is 0.517. The molecule has 0 radical (unpaired) electrons. The predicted molar refractivity (Wildman–Crippen MR) is 153 cm³/mol. The van der Waals surface area contributed by atoms with Crippen LogP contribution < -0.4 is 11.1 Å². The number of hydrogen-bond acceptors (Lipinski definition) is 9. The average Bonchev–Trinajstić information content (AvgIpc) is 3.69. The lowest BCUT2D eigenvalue weighted by Crippen LogP contribution is -2.68. The van der Waals surface area contributed by atoms with E-state index in [0.717, 1.165) is 54.6 Å². The van der Waals surface area contributed by atoms with Crippen molar-refractivity contribution in [2.75, 3.05) is 45.3 Å². The van der Waals surface area contributed by atoms with Gasteiger partial charge in [-0.05, 0) is 50.6 Å². The van der Waals surface area contributed by atoms with Gasteiger partial charge in [0, 0.05) is 48.4 Å². The maximum atomic E-state index is 14.5. The van der Waals surface area contributed by atoms with Crippen molar-refractivity contribution in [3.8, 4) is 6.07 Å². The Morgan fingerprint density at radius 2 is 2.19 bits per heavy atom. The number of carbonyl (C=O) groups excluding carboxylic acids is 1. The van der Waals surface area contributed by atoms with E-state index in [2.05, 4.69) is 35.3 Å². The molecule has 3 N–H and O–H groups in total. The van der Waals surface area contributed by atoms with Gasteiger partial charge in [-0.2, -0.15) is 5.26 Å². The molecular formula is C32H37FN6O4. The van der Waals surface area contributed by atoms with Crippen LogP contribution >= 0.6 is 0 Å². The molecule has 4 saturated heterocycles. The van der Waals surface area contributed by atoms with Crippen LogP contribution in [0.4, 0.5) is 10.1 Å². The van der Waals surface area contributed by atoms with Crippen molar-refractivity contribution in [1.29, 1.82) is 5.26 Å². The summed E-state index contributed by atoms with van der Waals surface area (Å²) in [5.41, 5.74) is 8.91. The molecule has 0 aromatic heterocycles. The number of fused-ring (bicyclic) bond motifs is 3. The first-order valence-electron chi connectivity index (χ1n) is 15.6. The summed E-state index contributed by atoms with van der Waals surface area (Å²) in [6.45, 7) is 5.12. The van der Waals surface area contributed by atoms with Gasteiger partial charge in [0.2, 0.25) is 5.91 Å². The molecule has 1 amide bonds. The molecule has 0 saturated carbocycles. The zero-order valence-corrected chi connectivity index (χ0v) is 24.5. The van der Waals surface area contributed by atoms with E-state index >= 15 is 0 Å². The summed E-state index contributed by atoms with van der Waals surface area (Å²) in [6.07, 6.45) is 4.16. The zero-order valence-electron chi connectivity index (χ0n) is 24.5. The lowest BCUT2D eigenvalue weighted by atomic mass is 9.69. The van der Waals surface area contributed by atoms with Gasteiger partial charge < -0.3 is 30.2 Å². The second-order valence-corrected chi connectivity index (χ2v) is 13.6. The lowest BCUT2D eigenvalue weighted by Gasteiger charge is -2.54. The van der Waals surface area contributed by atoms with E-state index in [1.807, 2.05) is 4.90 Å². The van der Waals surface area contributed by atoms with Gasteiger partial charge in [-0.25, -0.2) is 9.38 Å². The van der Waals surface area contributed by atoms with Crippen LogP contribution in [0.3, 0.4) is 0 Å². The molecule has 6 atom stereocenters. The van der Waals surface area contributed by atoms with E-state index in [-0.39, 0.29) is 35.2 Å². The fraction of sp³-hybridized carbons (Fsp3) is 0.656. The summed E-state index contributed by atoms with van der Waals surface area (Å²) in [4.78, 5) is 22.3. The number of rotatable bonds is 3. The number of amidine groups is 1. The summed E-state index contributed by atoms with van der Waals surface area (Å²) in [5, 5.41) is 13.6. The van der Waals surface area contributed by atoms with Gasteiger partial charge in [-0.15, -0.1) is 0 Å². The first-order valence-corrected chi connectivity index (χ1v) is 15.6. The van der Waals surface area contributed by atoms with E-state index < -0.39 is 17.9 Å². The van der Waals surface area contributed by atoms with Crippen molar-refractivity contribution in [1.82, 2.24) is 15.1 Å². The van der Waals surface area contributed by atoms with Crippen molar-refractivity contribution in [3.05, 3.63) is 40.1 Å². The van der Waals surface area contributed by atoms with E-state index in [1.165, 1.54) is 0 Å². The van der Waals surface area contributed by atoms with Crippen LogP contribution in [-0.4, -0.2) is 84.7 Å². The first kappa shape index (κ1) is 27.2. The third kappa shape index (κ3) is 3.94. The molecule has 6 aliphatic heterocycles. The fourth-order valence-corrected chi connectivity index (χ4v) is 8.87. The van der Waals surface area contributed by atoms with E-state index in [9.17, 15) is 14.4 Å². The highest BCUT2D eigenvalue weighted by atomic mass is 19.1. The maximum absolute atomic E-state index is 14.5. The van der Waals surface area contributed by atoms with Gasteiger partial charge in [-0.1, -0.05) is 13.0 Å². The highest BCUT2D eigenvalue weighted by Gasteiger charge is 2.58. The van der Waals surface area contributed by atoms with Crippen LogP contribution in [0.1, 0.15) is 80.9 Å². The number of nitrogens with two attached hydrogens (primary N) is 1. The van der Waals surface area contributed by atoms with Crippen LogP contribution in [0.5, 0.6) is 0 Å². The van der Waals surface area contributed by atoms with Crippen molar-refractivity contribution in [3.63, 3.8) is 0 Å². The third-order valence-corrected chi connectivity index (χ3v) is 11.2. The summed E-state index contributed by atoms with van der Waals surface area (Å²) < 4.78 is 33.4. The summed E-state index contributed by atoms with van der Waals surface area (Å²) in [5.74, 6) is 0.224. The molecule has 1 aliphatic carbocycles. The molecule has 10 nitrogen and oxygen atoms in total. The third-order valence-electron chi connectivity index (χ3n) is 11.2. The van der Waals surface area contributed by atoms with Crippen LogP contribution in [-0.2, 0) is 24.6 Å². The van der Waals surface area contributed by atoms with Crippen molar-refractivity contribution >= 4 is 17.6 Å². The number of nitrogen functional groups attached to an aromatic ring is 1. The molecule has 8 rings (SSSR count). The van der Waals surface area contributed by atoms with Crippen LogP contribution in [0.15, 0.2) is 16.3 Å². The minimum atomic E-state index is -0.854. The normalized spacial score (nSPS) is 38.2. The highest BCUT2D eigenvalue weighted by Crippen LogP contribution is 2.52. The SMILES string of the molecule is CC1CCC2(CC3=C(CO2)C(N2C(=O)CC24CCOC4)N=C(OCC24CCCN2CC(F)C4)N3)c2c1c#cc(N)c2C#N. The van der Waals surface area contributed by atoms with Crippen LogP contribution in [0, 0.1) is 23.5 Å². The molecule has 11 heteroatoms. The number of β-lactam (4-membered cyclic amide) rings is 1. The number of hydrogen-bond donors (Lipinski definition) is 2. The number of alkyl halides is 1. The summed E-state index contributed by atoms with van der Waals surface area (Å²) in [7, 11) is 0. The van der Waals surface area contributed by atoms with E-state index in [4.69, 9.17) is 24.9 Å². The number of amides is 1. The second kappa shape index (κ2) is 9.56. The minimum Gasteiger partial charge on any atom is -0.463 e. The topological polar surface area (TPSA) is 125 Å². The highest BCUT2D eigenvalue weighted by molar-refractivity contribution is 5.87. The molecule has 4 fully saturated rings. The summed E-state index contributed by atoms with van der Waals surface area (Å²) >= 11 is 0. The molecule has 1 aromatic carbocycles. The summed E-state index contributed by atoms with van der Waals surface area (Å²) in [6, 6.07) is 8.83. The Morgan fingerprint density at radius 1 is 1.30 bits per heavy atom. The number of ether oxygens (including phenoxy) is 3. The van der Waals surface area contributed by atoms with E-state index in [0.29, 0.717) is 63.6 Å².